The standard InChI is InChI=1S/C14H11Br3FN/c15-9-2-4-13(18)8(5-9)6-14(19)11-7-10(16)1-3-12(11)17/h1-5,7,14H,6,19H2. The van der Waals surface area contributed by atoms with E-state index in [1.807, 2.05) is 18.2 Å². The summed E-state index contributed by atoms with van der Waals surface area (Å²) in [5.74, 6) is -0.232. The third kappa shape index (κ3) is 3.88. The third-order valence-electron chi connectivity index (χ3n) is 2.81. The van der Waals surface area contributed by atoms with Crippen molar-refractivity contribution in [2.24, 2.45) is 5.73 Å². The van der Waals surface area contributed by atoms with Gasteiger partial charge in [0.25, 0.3) is 0 Å². The Morgan fingerprint density at radius 3 is 2.37 bits per heavy atom. The van der Waals surface area contributed by atoms with Crippen LogP contribution in [0.25, 0.3) is 0 Å². The minimum atomic E-state index is -0.268. The molecule has 0 amide bonds. The fourth-order valence-electron chi connectivity index (χ4n) is 1.85. The van der Waals surface area contributed by atoms with Gasteiger partial charge >= 0.3 is 0 Å². The summed E-state index contributed by atoms with van der Waals surface area (Å²) in [6.07, 6.45) is 0.445. The van der Waals surface area contributed by atoms with Crippen LogP contribution in [-0.2, 0) is 6.42 Å². The molecule has 2 aromatic rings. The second-order valence-electron chi connectivity index (χ2n) is 4.21. The zero-order valence-corrected chi connectivity index (χ0v) is 14.6. The Kier molecular flexibility index (Phi) is 5.17. The molecule has 0 radical (unpaired) electrons. The van der Waals surface area contributed by atoms with E-state index in [2.05, 4.69) is 47.8 Å². The largest absolute Gasteiger partial charge is 0.324 e. The maximum Gasteiger partial charge on any atom is 0.126 e. The lowest BCUT2D eigenvalue weighted by Crippen LogP contribution is -2.15. The van der Waals surface area contributed by atoms with E-state index in [0.717, 1.165) is 19.0 Å². The van der Waals surface area contributed by atoms with E-state index in [1.54, 1.807) is 12.1 Å². The molecule has 0 heterocycles. The molecular weight excluding hydrogens is 441 g/mol. The highest BCUT2D eigenvalue weighted by atomic mass is 79.9. The molecule has 2 rings (SSSR count). The molecule has 2 N–H and O–H groups in total. The minimum absolute atomic E-state index is 0.232. The van der Waals surface area contributed by atoms with Gasteiger partial charge in [-0.2, -0.15) is 0 Å². The zero-order valence-electron chi connectivity index (χ0n) is 9.84. The second-order valence-corrected chi connectivity index (χ2v) is 6.90. The van der Waals surface area contributed by atoms with Crippen LogP contribution in [0.5, 0.6) is 0 Å². The smallest absolute Gasteiger partial charge is 0.126 e. The predicted molar refractivity (Wildman–Crippen MR) is 86.6 cm³/mol. The highest BCUT2D eigenvalue weighted by Crippen LogP contribution is 2.28. The molecular formula is C14H11Br3FN. The van der Waals surface area contributed by atoms with Crippen LogP contribution in [0.3, 0.4) is 0 Å². The van der Waals surface area contributed by atoms with Crippen LogP contribution in [0, 0.1) is 5.82 Å². The SMILES string of the molecule is NC(Cc1cc(Br)ccc1F)c1cc(Br)ccc1Br. The topological polar surface area (TPSA) is 26.0 Å². The average molecular weight is 452 g/mol. The van der Waals surface area contributed by atoms with Gasteiger partial charge in [-0.15, -0.1) is 0 Å². The van der Waals surface area contributed by atoms with Crippen molar-refractivity contribution in [1.29, 1.82) is 0 Å². The zero-order chi connectivity index (χ0) is 14.0. The summed E-state index contributed by atoms with van der Waals surface area (Å²) in [5, 5.41) is 0. The summed E-state index contributed by atoms with van der Waals surface area (Å²) in [6.45, 7) is 0. The third-order valence-corrected chi connectivity index (χ3v) is 4.51. The highest BCUT2D eigenvalue weighted by Gasteiger charge is 2.14. The molecule has 19 heavy (non-hydrogen) atoms. The number of benzene rings is 2. The summed E-state index contributed by atoms with van der Waals surface area (Å²) in [6, 6.07) is 10.4. The van der Waals surface area contributed by atoms with Crippen molar-refractivity contribution in [3.05, 3.63) is 66.8 Å². The lowest BCUT2D eigenvalue weighted by molar-refractivity contribution is 0.592. The fraction of sp³-hybridized carbons (Fsp3) is 0.143. The summed E-state index contributed by atoms with van der Waals surface area (Å²) < 4.78 is 16.5. The van der Waals surface area contributed by atoms with Crippen LogP contribution in [0.2, 0.25) is 0 Å². The van der Waals surface area contributed by atoms with Crippen molar-refractivity contribution in [2.45, 2.75) is 12.5 Å². The molecule has 0 fully saturated rings. The van der Waals surface area contributed by atoms with Crippen LogP contribution >= 0.6 is 47.8 Å². The Labute approximate surface area is 136 Å². The summed E-state index contributed by atoms with van der Waals surface area (Å²) in [5.41, 5.74) is 7.74. The van der Waals surface area contributed by atoms with Crippen LogP contribution in [0.1, 0.15) is 17.2 Å². The van der Waals surface area contributed by atoms with Gasteiger partial charge in [0, 0.05) is 19.5 Å². The lowest BCUT2D eigenvalue weighted by atomic mass is 9.99. The summed E-state index contributed by atoms with van der Waals surface area (Å²) in [4.78, 5) is 0. The first-order chi connectivity index (χ1) is 8.97. The minimum Gasteiger partial charge on any atom is -0.324 e. The first-order valence-corrected chi connectivity index (χ1v) is 7.99. The predicted octanol–water partition coefficient (Wildman–Crippen LogP) is 5.36. The Morgan fingerprint density at radius 2 is 1.63 bits per heavy atom. The molecule has 0 aliphatic rings. The van der Waals surface area contributed by atoms with E-state index in [1.165, 1.54) is 6.07 Å². The molecule has 0 aliphatic heterocycles. The quantitative estimate of drug-likeness (QED) is 0.668. The monoisotopic (exact) mass is 449 g/mol. The summed E-state index contributed by atoms with van der Waals surface area (Å²) in [7, 11) is 0. The van der Waals surface area contributed by atoms with E-state index in [9.17, 15) is 4.39 Å². The maximum atomic E-state index is 13.7. The van der Waals surface area contributed by atoms with Crippen LogP contribution in [0.15, 0.2) is 49.8 Å². The molecule has 0 bridgehead atoms. The maximum absolute atomic E-state index is 13.7. The van der Waals surface area contributed by atoms with Crippen molar-refractivity contribution < 1.29 is 4.39 Å². The molecule has 0 spiro atoms. The Morgan fingerprint density at radius 1 is 1.00 bits per heavy atom. The normalized spacial score (nSPS) is 12.5. The van der Waals surface area contributed by atoms with Crippen LogP contribution in [-0.4, -0.2) is 0 Å². The highest BCUT2D eigenvalue weighted by molar-refractivity contribution is 9.11. The van der Waals surface area contributed by atoms with Crippen LogP contribution < -0.4 is 5.73 Å². The van der Waals surface area contributed by atoms with Gasteiger partial charge in [-0.05, 0) is 53.9 Å². The number of nitrogens with two attached hydrogens (primary N) is 1. The molecule has 0 saturated carbocycles. The van der Waals surface area contributed by atoms with E-state index in [-0.39, 0.29) is 11.9 Å². The summed E-state index contributed by atoms with van der Waals surface area (Å²) >= 11 is 10.2. The second kappa shape index (κ2) is 6.48. The van der Waals surface area contributed by atoms with E-state index in [0.29, 0.717) is 12.0 Å². The first kappa shape index (κ1) is 15.2. The van der Waals surface area contributed by atoms with E-state index in [4.69, 9.17) is 5.73 Å². The van der Waals surface area contributed by atoms with Gasteiger partial charge in [-0.3, -0.25) is 0 Å². The Balaban J connectivity index is 2.27. The van der Waals surface area contributed by atoms with E-state index >= 15 is 0 Å². The molecule has 0 aromatic heterocycles. The van der Waals surface area contributed by atoms with Gasteiger partial charge in [0.1, 0.15) is 5.82 Å². The molecule has 0 aliphatic carbocycles. The van der Waals surface area contributed by atoms with Crippen LogP contribution in [0.4, 0.5) is 4.39 Å². The van der Waals surface area contributed by atoms with Crippen molar-refractivity contribution in [2.75, 3.05) is 0 Å². The van der Waals surface area contributed by atoms with Crippen molar-refractivity contribution >= 4 is 47.8 Å². The Hall–Kier alpha value is -0.230. The number of hydrogen-bond donors (Lipinski definition) is 1. The molecule has 1 unspecified atom stereocenters. The van der Waals surface area contributed by atoms with Gasteiger partial charge in [-0.1, -0.05) is 47.8 Å². The van der Waals surface area contributed by atoms with E-state index < -0.39 is 0 Å². The van der Waals surface area contributed by atoms with Gasteiger partial charge in [0.2, 0.25) is 0 Å². The number of halogens is 4. The van der Waals surface area contributed by atoms with Gasteiger partial charge in [-0.25, -0.2) is 4.39 Å². The van der Waals surface area contributed by atoms with Crippen molar-refractivity contribution in [1.82, 2.24) is 0 Å². The molecule has 5 heteroatoms. The van der Waals surface area contributed by atoms with Crippen molar-refractivity contribution in [3.8, 4) is 0 Å². The molecule has 100 valence electrons. The number of rotatable bonds is 3. The Bertz CT molecular complexity index is 601. The first-order valence-electron chi connectivity index (χ1n) is 5.62. The van der Waals surface area contributed by atoms with Gasteiger partial charge < -0.3 is 5.73 Å². The fourth-order valence-corrected chi connectivity index (χ4v) is 3.17. The molecule has 0 saturated heterocycles. The molecule has 1 atom stereocenters. The average Bonchev–Trinajstić information content (AvgIpc) is 2.36. The van der Waals surface area contributed by atoms with Gasteiger partial charge in [0.05, 0.1) is 0 Å². The molecule has 2 aromatic carbocycles. The number of hydrogen-bond acceptors (Lipinski definition) is 1. The van der Waals surface area contributed by atoms with Gasteiger partial charge in [0.15, 0.2) is 0 Å². The molecule has 1 nitrogen and oxygen atoms in total. The van der Waals surface area contributed by atoms with Crippen molar-refractivity contribution in [3.63, 3.8) is 0 Å². The lowest BCUT2D eigenvalue weighted by Gasteiger charge is -2.15.